The minimum absolute atomic E-state index is 1.17. The molecule has 1 N–H and O–H groups in total. The third kappa shape index (κ3) is 1.43. The summed E-state index contributed by atoms with van der Waals surface area (Å²) >= 11 is 0. The van der Waals surface area contributed by atoms with Gasteiger partial charge < -0.3 is 5.09 Å². The number of rotatable bonds is 1. The van der Waals surface area contributed by atoms with Crippen molar-refractivity contribution in [3.63, 3.8) is 0 Å². The van der Waals surface area contributed by atoms with Crippen molar-refractivity contribution in [3.8, 4) is 0 Å². The Morgan fingerprint density at radius 2 is 2.00 bits per heavy atom. The van der Waals surface area contributed by atoms with Gasteiger partial charge in [-0.05, 0) is 27.9 Å². The molecule has 0 radical (unpaired) electrons. The van der Waals surface area contributed by atoms with E-state index in [1.807, 2.05) is 18.2 Å². The van der Waals surface area contributed by atoms with Gasteiger partial charge >= 0.3 is 0 Å². The van der Waals surface area contributed by atoms with Gasteiger partial charge in [0.1, 0.15) is 0 Å². The average Bonchev–Trinajstić information content (AvgIpc) is 1.89. The molecule has 0 saturated carbocycles. The zero-order valence-electron chi connectivity index (χ0n) is 5.39. The van der Waals surface area contributed by atoms with Gasteiger partial charge in [0.25, 0.3) is 0 Å². The van der Waals surface area contributed by atoms with Crippen LogP contribution in [-0.4, -0.2) is 0 Å². The molecule has 2 heteroatoms. The first kappa shape index (κ1) is 6.57. The highest BCUT2D eigenvalue weighted by Gasteiger charge is 1.88. The van der Waals surface area contributed by atoms with E-state index < -0.39 is 0 Å². The van der Waals surface area contributed by atoms with E-state index in [9.17, 15) is 0 Å². The lowest BCUT2D eigenvalue weighted by molar-refractivity contribution is 1.47. The molecule has 1 atom stereocenters. The number of hydrogen-bond acceptors (Lipinski definition) is 1. The predicted molar refractivity (Wildman–Crippen MR) is 44.5 cm³/mol. The van der Waals surface area contributed by atoms with Crippen molar-refractivity contribution in [1.82, 2.24) is 0 Å². The lowest BCUT2D eigenvalue weighted by atomic mass is 10.2. The molecule has 1 rings (SSSR count). The fraction of sp³-hybridized carbons (Fsp3) is 0.143. The summed E-state index contributed by atoms with van der Waals surface area (Å²) in [4.78, 5) is 0. The topological polar surface area (TPSA) is 12.0 Å². The Hall–Kier alpha value is -0.550. The highest BCUT2D eigenvalue weighted by Crippen LogP contribution is 2.13. The van der Waals surface area contributed by atoms with Crippen molar-refractivity contribution < 1.29 is 0 Å². The van der Waals surface area contributed by atoms with Gasteiger partial charge in [-0.15, -0.1) is 0 Å². The second-order valence-corrected chi connectivity index (χ2v) is 2.25. The number of nitrogens with one attached hydrogen (secondary N) is 1. The monoisotopic (exact) mass is 139 g/mol. The van der Waals surface area contributed by atoms with Crippen LogP contribution < -0.4 is 5.09 Å². The quantitative estimate of drug-likeness (QED) is 0.588. The van der Waals surface area contributed by atoms with Crippen LogP contribution in [0.15, 0.2) is 24.3 Å². The molecule has 0 fully saturated rings. The zero-order chi connectivity index (χ0) is 6.69. The highest BCUT2D eigenvalue weighted by atomic mass is 31.0. The Morgan fingerprint density at radius 3 is 2.44 bits per heavy atom. The third-order valence-corrected chi connectivity index (χ3v) is 1.61. The number of aryl methyl sites for hydroxylation is 1. The normalized spacial score (nSPS) is 9.11. The van der Waals surface area contributed by atoms with Crippen LogP contribution in [0.4, 0.5) is 5.69 Å². The molecule has 0 aliphatic heterocycles. The number of para-hydroxylation sites is 1. The summed E-state index contributed by atoms with van der Waals surface area (Å²) in [7, 11) is 2.48. The Kier molecular flexibility index (Phi) is 2.07. The summed E-state index contributed by atoms with van der Waals surface area (Å²) < 4.78 is 0. The summed E-state index contributed by atoms with van der Waals surface area (Å²) in [6.45, 7) is 2.08. The van der Waals surface area contributed by atoms with Gasteiger partial charge in [-0.3, -0.25) is 0 Å². The minimum Gasteiger partial charge on any atom is -0.369 e. The number of benzene rings is 1. The molecule has 1 aromatic rings. The Labute approximate surface area is 57.7 Å². The zero-order valence-corrected chi connectivity index (χ0v) is 6.54. The minimum atomic E-state index is 1.17. The van der Waals surface area contributed by atoms with Crippen LogP contribution >= 0.6 is 9.39 Å². The van der Waals surface area contributed by atoms with E-state index in [1.54, 1.807) is 0 Å². The summed E-state index contributed by atoms with van der Waals surface area (Å²) in [6.07, 6.45) is 0. The van der Waals surface area contributed by atoms with Gasteiger partial charge in [0.15, 0.2) is 0 Å². The largest absolute Gasteiger partial charge is 0.369 e. The fourth-order valence-electron chi connectivity index (χ4n) is 0.735. The molecule has 1 nitrogen and oxygen atoms in total. The van der Waals surface area contributed by atoms with Gasteiger partial charge in [0.2, 0.25) is 0 Å². The SMILES string of the molecule is Cc1ccccc1NP. The average molecular weight is 139 g/mol. The van der Waals surface area contributed by atoms with Crippen LogP contribution in [0.25, 0.3) is 0 Å². The molecule has 0 heterocycles. The van der Waals surface area contributed by atoms with Gasteiger partial charge in [0, 0.05) is 5.69 Å². The van der Waals surface area contributed by atoms with Crippen LogP contribution in [0.1, 0.15) is 5.56 Å². The van der Waals surface area contributed by atoms with Gasteiger partial charge in [-0.2, -0.15) is 0 Å². The maximum absolute atomic E-state index is 3.01. The first-order valence-corrected chi connectivity index (χ1v) is 3.44. The lowest BCUT2D eigenvalue weighted by Crippen LogP contribution is -1.81. The van der Waals surface area contributed by atoms with Crippen LogP contribution in [-0.2, 0) is 0 Å². The molecule has 0 spiro atoms. The van der Waals surface area contributed by atoms with Crippen molar-refractivity contribution in [2.45, 2.75) is 6.92 Å². The molecule has 0 amide bonds. The van der Waals surface area contributed by atoms with Crippen molar-refractivity contribution in [2.75, 3.05) is 5.09 Å². The third-order valence-electron chi connectivity index (χ3n) is 1.30. The Bertz CT molecular complexity index is 198. The number of hydrogen-bond donors (Lipinski definition) is 1. The summed E-state index contributed by atoms with van der Waals surface area (Å²) in [6, 6.07) is 8.16. The molecular formula is C7H10NP. The molecule has 1 unspecified atom stereocenters. The maximum Gasteiger partial charge on any atom is 0.0398 e. The first-order chi connectivity index (χ1) is 4.34. The van der Waals surface area contributed by atoms with Gasteiger partial charge in [-0.1, -0.05) is 18.2 Å². The summed E-state index contributed by atoms with van der Waals surface area (Å²) in [5.41, 5.74) is 2.44. The Morgan fingerprint density at radius 1 is 1.33 bits per heavy atom. The molecule has 9 heavy (non-hydrogen) atoms. The second-order valence-electron chi connectivity index (χ2n) is 1.96. The van der Waals surface area contributed by atoms with Crippen LogP contribution in [0.5, 0.6) is 0 Å². The van der Waals surface area contributed by atoms with Crippen molar-refractivity contribution in [1.29, 1.82) is 0 Å². The van der Waals surface area contributed by atoms with Crippen LogP contribution in [0.3, 0.4) is 0 Å². The van der Waals surface area contributed by atoms with E-state index in [0.717, 1.165) is 0 Å². The fourth-order valence-corrected chi connectivity index (χ4v) is 1.06. The summed E-state index contributed by atoms with van der Waals surface area (Å²) in [5, 5.41) is 3.01. The number of anilines is 1. The molecule has 48 valence electrons. The van der Waals surface area contributed by atoms with Gasteiger partial charge in [0.05, 0.1) is 0 Å². The van der Waals surface area contributed by atoms with Crippen molar-refractivity contribution in [3.05, 3.63) is 29.8 Å². The van der Waals surface area contributed by atoms with E-state index in [1.165, 1.54) is 11.3 Å². The molecule has 0 aliphatic carbocycles. The predicted octanol–water partition coefficient (Wildman–Crippen LogP) is 2.20. The second kappa shape index (κ2) is 2.84. The lowest BCUT2D eigenvalue weighted by Gasteiger charge is -2.01. The molecule has 0 saturated heterocycles. The van der Waals surface area contributed by atoms with Crippen LogP contribution in [0.2, 0.25) is 0 Å². The smallest absolute Gasteiger partial charge is 0.0398 e. The molecular weight excluding hydrogens is 129 g/mol. The summed E-state index contributed by atoms with van der Waals surface area (Å²) in [5.74, 6) is 0. The molecule has 1 aromatic carbocycles. The molecule has 0 aromatic heterocycles. The van der Waals surface area contributed by atoms with Gasteiger partial charge in [-0.25, -0.2) is 0 Å². The van der Waals surface area contributed by atoms with E-state index in [2.05, 4.69) is 27.5 Å². The van der Waals surface area contributed by atoms with E-state index >= 15 is 0 Å². The first-order valence-electron chi connectivity index (χ1n) is 2.87. The van der Waals surface area contributed by atoms with Crippen molar-refractivity contribution >= 4 is 15.1 Å². The van der Waals surface area contributed by atoms with Crippen LogP contribution in [0, 0.1) is 6.92 Å². The van der Waals surface area contributed by atoms with E-state index in [0.29, 0.717) is 0 Å². The van der Waals surface area contributed by atoms with Crippen molar-refractivity contribution in [2.24, 2.45) is 0 Å². The Balaban J connectivity index is 3.01. The standard InChI is InChI=1S/C7H10NP/c1-6-4-2-3-5-7(6)8-9/h2-5,8H,9H2,1H3. The van der Waals surface area contributed by atoms with E-state index in [4.69, 9.17) is 0 Å². The molecule has 0 bridgehead atoms. The maximum atomic E-state index is 3.01. The highest BCUT2D eigenvalue weighted by molar-refractivity contribution is 7.18. The molecule has 0 aliphatic rings. The van der Waals surface area contributed by atoms with E-state index in [-0.39, 0.29) is 0 Å².